The minimum atomic E-state index is 0.0298. The highest BCUT2D eigenvalue weighted by molar-refractivity contribution is 5.76. The molecule has 1 saturated heterocycles. The second-order valence-corrected chi connectivity index (χ2v) is 7.35. The summed E-state index contributed by atoms with van der Waals surface area (Å²) in [6.07, 6.45) is 0.415. The van der Waals surface area contributed by atoms with Crippen molar-refractivity contribution in [2.45, 2.75) is 26.3 Å². The SMILES string of the molecule is CC(C)COCCC(=O)N[C@H](CN1CCN(C)CC1)c1ccccc1. The van der Waals surface area contributed by atoms with Gasteiger partial charge in [-0.2, -0.15) is 0 Å². The first kappa shape index (κ1) is 19.9. The normalized spacial score (nSPS) is 17.6. The van der Waals surface area contributed by atoms with Gasteiger partial charge in [0.1, 0.15) is 0 Å². The molecule has 1 aliphatic rings. The summed E-state index contributed by atoms with van der Waals surface area (Å²) in [6.45, 7) is 10.5. The third kappa shape index (κ3) is 7.55. The van der Waals surface area contributed by atoms with E-state index in [0.29, 0.717) is 25.6 Å². The average Bonchev–Trinajstić information content (AvgIpc) is 2.60. The van der Waals surface area contributed by atoms with E-state index in [-0.39, 0.29) is 11.9 Å². The number of benzene rings is 1. The maximum absolute atomic E-state index is 12.3. The molecule has 1 heterocycles. The first-order valence-electron chi connectivity index (χ1n) is 9.37. The van der Waals surface area contributed by atoms with Gasteiger partial charge in [-0.3, -0.25) is 9.69 Å². The van der Waals surface area contributed by atoms with Crippen molar-refractivity contribution >= 4 is 5.91 Å². The maximum atomic E-state index is 12.3. The Hall–Kier alpha value is -1.43. The largest absolute Gasteiger partial charge is 0.381 e. The smallest absolute Gasteiger partial charge is 0.222 e. The number of ether oxygens (including phenoxy) is 1. The number of hydrogen-bond acceptors (Lipinski definition) is 4. The number of rotatable bonds is 9. The first-order valence-corrected chi connectivity index (χ1v) is 9.37. The molecule has 140 valence electrons. The molecule has 1 aromatic rings. The Balaban J connectivity index is 1.87. The molecule has 0 bridgehead atoms. The summed E-state index contributed by atoms with van der Waals surface area (Å²) < 4.78 is 5.54. The molecule has 0 aromatic heterocycles. The summed E-state index contributed by atoms with van der Waals surface area (Å²) in [4.78, 5) is 17.1. The van der Waals surface area contributed by atoms with Crippen LogP contribution >= 0.6 is 0 Å². The number of nitrogens with zero attached hydrogens (tertiary/aromatic N) is 2. The number of piperazine rings is 1. The van der Waals surface area contributed by atoms with E-state index in [4.69, 9.17) is 4.74 Å². The van der Waals surface area contributed by atoms with Crippen LogP contribution < -0.4 is 5.32 Å². The molecule has 0 aliphatic carbocycles. The van der Waals surface area contributed by atoms with E-state index < -0.39 is 0 Å². The number of carbonyl (C=O) groups excluding carboxylic acids is 1. The molecule has 0 spiro atoms. The van der Waals surface area contributed by atoms with Gasteiger partial charge in [0.15, 0.2) is 0 Å². The van der Waals surface area contributed by atoms with Crippen molar-refractivity contribution in [2.24, 2.45) is 5.92 Å². The number of nitrogens with one attached hydrogen (secondary N) is 1. The summed E-state index contributed by atoms with van der Waals surface area (Å²) in [5, 5.41) is 3.21. The Bertz CT molecular complexity index is 499. The lowest BCUT2D eigenvalue weighted by Gasteiger charge is -2.35. The zero-order valence-electron chi connectivity index (χ0n) is 15.9. The van der Waals surface area contributed by atoms with E-state index in [1.165, 1.54) is 0 Å². The fraction of sp³-hybridized carbons (Fsp3) is 0.650. The quantitative estimate of drug-likeness (QED) is 0.695. The maximum Gasteiger partial charge on any atom is 0.222 e. The van der Waals surface area contributed by atoms with Crippen LogP contribution in [-0.4, -0.2) is 68.7 Å². The summed E-state index contributed by atoms with van der Waals surface area (Å²) >= 11 is 0. The van der Waals surface area contributed by atoms with Gasteiger partial charge in [-0.25, -0.2) is 0 Å². The molecular formula is C20H33N3O2. The summed E-state index contributed by atoms with van der Waals surface area (Å²) in [5.41, 5.74) is 1.16. The average molecular weight is 348 g/mol. The molecule has 0 saturated carbocycles. The molecule has 0 radical (unpaired) electrons. The highest BCUT2D eigenvalue weighted by atomic mass is 16.5. The molecule has 1 atom stereocenters. The molecule has 1 aromatic carbocycles. The first-order chi connectivity index (χ1) is 12.0. The standard InChI is InChI=1S/C20H33N3O2/c1-17(2)16-25-14-9-20(24)21-19(18-7-5-4-6-8-18)15-23-12-10-22(3)11-13-23/h4-8,17,19H,9-16H2,1-3H3,(H,21,24)/t19-/m1/s1. The van der Waals surface area contributed by atoms with Crippen LogP contribution in [0.15, 0.2) is 30.3 Å². The van der Waals surface area contributed by atoms with E-state index in [1.807, 2.05) is 18.2 Å². The number of amides is 1. The second-order valence-electron chi connectivity index (χ2n) is 7.35. The third-order valence-corrected chi connectivity index (χ3v) is 4.50. The van der Waals surface area contributed by atoms with Gasteiger partial charge >= 0.3 is 0 Å². The van der Waals surface area contributed by atoms with Gasteiger partial charge in [-0.05, 0) is 18.5 Å². The Morgan fingerprint density at radius 2 is 1.84 bits per heavy atom. The predicted octanol–water partition coefficient (Wildman–Crippen LogP) is 2.15. The molecule has 5 heteroatoms. The molecule has 0 unspecified atom stereocenters. The Morgan fingerprint density at radius 1 is 1.16 bits per heavy atom. The summed E-state index contributed by atoms with van der Waals surface area (Å²) in [7, 11) is 2.16. The molecular weight excluding hydrogens is 314 g/mol. The van der Waals surface area contributed by atoms with Gasteiger partial charge < -0.3 is 15.0 Å². The highest BCUT2D eigenvalue weighted by Crippen LogP contribution is 2.15. The minimum absolute atomic E-state index is 0.0298. The van der Waals surface area contributed by atoms with Crippen molar-refractivity contribution in [1.29, 1.82) is 0 Å². The van der Waals surface area contributed by atoms with Crippen molar-refractivity contribution in [3.8, 4) is 0 Å². The molecule has 1 fully saturated rings. The Morgan fingerprint density at radius 3 is 2.48 bits per heavy atom. The van der Waals surface area contributed by atoms with Crippen molar-refractivity contribution in [2.75, 3.05) is 53.0 Å². The Labute approximate surface area is 152 Å². The Kier molecular flexibility index (Phi) is 8.38. The van der Waals surface area contributed by atoms with Gasteiger partial charge in [-0.1, -0.05) is 44.2 Å². The summed E-state index contributed by atoms with van der Waals surface area (Å²) in [5.74, 6) is 0.559. The number of carbonyl (C=O) groups is 1. The zero-order valence-corrected chi connectivity index (χ0v) is 15.9. The van der Waals surface area contributed by atoms with Gasteiger partial charge in [0.05, 0.1) is 12.6 Å². The lowest BCUT2D eigenvalue weighted by atomic mass is 10.1. The monoisotopic (exact) mass is 347 g/mol. The number of likely N-dealkylation sites (N-methyl/N-ethyl adjacent to an activating group) is 1. The predicted molar refractivity (Wildman–Crippen MR) is 102 cm³/mol. The van der Waals surface area contributed by atoms with E-state index in [9.17, 15) is 4.79 Å². The van der Waals surface area contributed by atoms with Crippen LogP contribution in [0, 0.1) is 5.92 Å². The minimum Gasteiger partial charge on any atom is -0.381 e. The fourth-order valence-electron chi connectivity index (χ4n) is 2.96. The topological polar surface area (TPSA) is 44.8 Å². The van der Waals surface area contributed by atoms with Crippen LogP contribution in [0.4, 0.5) is 0 Å². The molecule has 2 rings (SSSR count). The molecule has 1 N–H and O–H groups in total. The second kappa shape index (κ2) is 10.5. The van der Waals surface area contributed by atoms with Crippen molar-refractivity contribution in [3.05, 3.63) is 35.9 Å². The lowest BCUT2D eigenvalue weighted by molar-refractivity contribution is -0.123. The molecule has 1 aliphatic heterocycles. The van der Waals surface area contributed by atoms with Crippen LogP contribution in [0.2, 0.25) is 0 Å². The van der Waals surface area contributed by atoms with Crippen molar-refractivity contribution < 1.29 is 9.53 Å². The van der Waals surface area contributed by atoms with Crippen LogP contribution in [0.25, 0.3) is 0 Å². The van der Waals surface area contributed by atoms with E-state index in [2.05, 4.69) is 48.1 Å². The van der Waals surface area contributed by atoms with E-state index in [1.54, 1.807) is 0 Å². The zero-order chi connectivity index (χ0) is 18.1. The molecule has 25 heavy (non-hydrogen) atoms. The van der Waals surface area contributed by atoms with Crippen LogP contribution in [-0.2, 0) is 9.53 Å². The highest BCUT2D eigenvalue weighted by Gasteiger charge is 2.21. The van der Waals surface area contributed by atoms with Gasteiger partial charge in [0, 0.05) is 45.8 Å². The van der Waals surface area contributed by atoms with Crippen LogP contribution in [0.5, 0.6) is 0 Å². The van der Waals surface area contributed by atoms with Crippen molar-refractivity contribution in [3.63, 3.8) is 0 Å². The third-order valence-electron chi connectivity index (χ3n) is 4.50. The number of hydrogen-bond donors (Lipinski definition) is 1. The van der Waals surface area contributed by atoms with Crippen molar-refractivity contribution in [1.82, 2.24) is 15.1 Å². The van der Waals surface area contributed by atoms with Crippen LogP contribution in [0.3, 0.4) is 0 Å². The summed E-state index contributed by atoms with van der Waals surface area (Å²) in [6, 6.07) is 10.3. The molecule has 1 amide bonds. The molecule has 5 nitrogen and oxygen atoms in total. The van der Waals surface area contributed by atoms with Gasteiger partial charge in [-0.15, -0.1) is 0 Å². The van der Waals surface area contributed by atoms with Crippen LogP contribution in [0.1, 0.15) is 31.9 Å². The van der Waals surface area contributed by atoms with Gasteiger partial charge in [0.25, 0.3) is 0 Å². The lowest BCUT2D eigenvalue weighted by Crippen LogP contribution is -2.47. The fourth-order valence-corrected chi connectivity index (χ4v) is 2.96. The van der Waals surface area contributed by atoms with Gasteiger partial charge in [0.2, 0.25) is 5.91 Å². The van der Waals surface area contributed by atoms with E-state index in [0.717, 1.165) is 38.3 Å². The van der Waals surface area contributed by atoms with E-state index >= 15 is 0 Å².